The molecule has 0 saturated carbocycles. The van der Waals surface area contributed by atoms with Crippen molar-refractivity contribution in [2.45, 2.75) is 90.1 Å². The lowest BCUT2D eigenvalue weighted by molar-refractivity contribution is -0.147. The first-order valence-corrected chi connectivity index (χ1v) is 17.8. The number of benzene rings is 1. The van der Waals surface area contributed by atoms with Crippen LogP contribution in [0.1, 0.15) is 94.3 Å². The second-order valence-electron chi connectivity index (χ2n) is 10.8. The van der Waals surface area contributed by atoms with E-state index in [0.717, 1.165) is 19.3 Å². The van der Waals surface area contributed by atoms with Gasteiger partial charge in [-0.25, -0.2) is 4.57 Å². The largest absolute Gasteiger partial charge is 0.477 e. The molecule has 2 atom stereocenters. The van der Waals surface area contributed by atoms with E-state index in [1.807, 2.05) is 0 Å². The van der Waals surface area contributed by atoms with Crippen LogP contribution in [-0.2, 0) is 23.1 Å². The summed E-state index contributed by atoms with van der Waals surface area (Å²) in [6.45, 7) is 0.220. The summed E-state index contributed by atoms with van der Waals surface area (Å²) in [5.41, 5.74) is 0.0756. The number of phosphoric ester groups is 1. The average Bonchev–Trinajstić information content (AvgIpc) is 3.07. The number of rotatable bonds is 28. The van der Waals surface area contributed by atoms with Gasteiger partial charge in [-0.05, 0) is 18.6 Å². The van der Waals surface area contributed by atoms with Crippen LogP contribution in [0.25, 0.3) is 0 Å². The van der Waals surface area contributed by atoms with Crippen LogP contribution < -0.4 is 19.5 Å². The zero-order chi connectivity index (χ0) is 35.5. The summed E-state index contributed by atoms with van der Waals surface area (Å²) >= 11 is 0. The van der Waals surface area contributed by atoms with Gasteiger partial charge in [-0.1, -0.05) is 88.9 Å². The fraction of sp³-hybridized carbons (Fsp3) is 0.600. The lowest BCUT2D eigenvalue weighted by atomic mass is 10.1. The number of amides is 1. The Kier molecular flexibility index (Phi) is 23.2. The average molecular weight is 692 g/mol. The van der Waals surface area contributed by atoms with Crippen LogP contribution in [0.5, 0.6) is 17.2 Å². The highest BCUT2D eigenvalue weighted by molar-refractivity contribution is 7.47. The molecular weight excluding hydrogens is 641 g/mol. The second kappa shape index (κ2) is 26.3. The van der Waals surface area contributed by atoms with Crippen LogP contribution in [0, 0.1) is 37.0 Å². The Morgan fingerprint density at radius 2 is 1.33 bits per heavy atom. The first-order chi connectivity index (χ1) is 23.2. The number of esters is 1. The Bertz CT molecular complexity index is 1230. The van der Waals surface area contributed by atoms with Gasteiger partial charge in [-0.2, -0.15) is 0 Å². The molecule has 1 amide bonds. The minimum absolute atomic E-state index is 0.0756. The number of hydrogen-bond acceptors (Lipinski definition) is 10. The third kappa shape index (κ3) is 19.9. The van der Waals surface area contributed by atoms with E-state index in [-0.39, 0.29) is 62.2 Å². The third-order valence-electron chi connectivity index (χ3n) is 6.70. The number of hydrogen-bond donors (Lipinski definition) is 3. The summed E-state index contributed by atoms with van der Waals surface area (Å²) in [7, 11) is -4.59. The predicted octanol–water partition coefficient (Wildman–Crippen LogP) is 5.19. The van der Waals surface area contributed by atoms with Crippen molar-refractivity contribution < 1.29 is 52.1 Å². The highest BCUT2D eigenvalue weighted by Crippen LogP contribution is 2.43. The minimum atomic E-state index is -4.59. The quantitative estimate of drug-likeness (QED) is 0.0460. The molecule has 48 heavy (non-hydrogen) atoms. The van der Waals surface area contributed by atoms with E-state index in [1.165, 1.54) is 57.1 Å². The van der Waals surface area contributed by atoms with Crippen molar-refractivity contribution in [2.24, 2.45) is 0 Å². The first-order valence-electron chi connectivity index (χ1n) is 16.3. The van der Waals surface area contributed by atoms with Crippen molar-refractivity contribution in [1.82, 2.24) is 5.32 Å². The number of phosphoric acid groups is 1. The number of aliphatic hydroxyl groups excluding tert-OH is 1. The molecule has 266 valence electrons. The third-order valence-corrected chi connectivity index (χ3v) is 7.68. The van der Waals surface area contributed by atoms with Gasteiger partial charge in [0.2, 0.25) is 5.75 Å². The van der Waals surface area contributed by atoms with Gasteiger partial charge in [0, 0.05) is 18.5 Å². The molecule has 1 rings (SSSR count). The van der Waals surface area contributed by atoms with Gasteiger partial charge in [0.15, 0.2) is 11.5 Å². The van der Waals surface area contributed by atoms with E-state index >= 15 is 0 Å². The van der Waals surface area contributed by atoms with Gasteiger partial charge >= 0.3 is 13.8 Å². The van der Waals surface area contributed by atoms with Crippen LogP contribution in [0.15, 0.2) is 12.1 Å². The number of terminal acetylenes is 3. The van der Waals surface area contributed by atoms with Crippen LogP contribution in [0.2, 0.25) is 0 Å². The summed E-state index contributed by atoms with van der Waals surface area (Å²) < 4.78 is 43.3. The lowest BCUT2D eigenvalue weighted by Gasteiger charge is -2.17. The van der Waals surface area contributed by atoms with Gasteiger partial charge in [-0.15, -0.1) is 19.3 Å². The zero-order valence-corrected chi connectivity index (χ0v) is 28.8. The standard InChI is InChI=1S/C35H50NO11P/c1-5-9-10-11-12-13-14-15-16-17-18-19-33(38)45-27-30(37)28-47-48(40,41)46-24-20-36-35(39)29-25-31(42-21-6-2)34(44-23-8-4)32(26-29)43-22-7-3/h2-4,25-26,30,37H,5,9-24,27-28H2,1H3,(H,36,39)(H,40,41)/t30-/m1/s1. The number of nitrogens with one attached hydrogen (secondary N) is 1. The molecule has 0 saturated heterocycles. The van der Waals surface area contributed by atoms with Gasteiger partial charge in [0.1, 0.15) is 32.5 Å². The van der Waals surface area contributed by atoms with Crippen LogP contribution in [0.3, 0.4) is 0 Å². The number of carbonyl (C=O) groups is 2. The van der Waals surface area contributed by atoms with E-state index in [1.54, 1.807) is 0 Å². The van der Waals surface area contributed by atoms with Crippen LogP contribution in [-0.4, -0.2) is 74.2 Å². The smallest absolute Gasteiger partial charge is 0.472 e. The Morgan fingerprint density at radius 1 is 0.812 bits per heavy atom. The summed E-state index contributed by atoms with van der Waals surface area (Å²) in [5, 5.41) is 12.5. The molecule has 1 aromatic rings. The molecule has 0 fully saturated rings. The van der Waals surface area contributed by atoms with Crippen molar-refractivity contribution in [2.75, 3.05) is 46.2 Å². The summed E-state index contributed by atoms with van der Waals surface area (Å²) in [6, 6.07) is 2.71. The maximum absolute atomic E-state index is 12.8. The molecule has 0 bridgehead atoms. The number of aliphatic hydroxyl groups is 1. The normalized spacial score (nSPS) is 12.4. The summed E-state index contributed by atoms with van der Waals surface area (Å²) in [5.74, 6) is 6.15. The SMILES string of the molecule is C#CCOc1cc(C(=O)NCCOP(=O)(O)OC[C@H](O)COC(=O)CCCCCCCCCCCCC)cc(OCC#C)c1OCC#C. The van der Waals surface area contributed by atoms with Crippen LogP contribution in [0.4, 0.5) is 0 Å². The molecular formula is C35H50NO11P. The number of unbranched alkanes of at least 4 members (excludes halogenated alkanes) is 10. The van der Waals surface area contributed by atoms with Crippen LogP contribution >= 0.6 is 7.82 Å². The summed E-state index contributed by atoms with van der Waals surface area (Å²) in [6.07, 6.45) is 27.5. The molecule has 0 spiro atoms. The van der Waals surface area contributed by atoms with Gasteiger partial charge in [0.05, 0.1) is 13.2 Å². The highest BCUT2D eigenvalue weighted by Gasteiger charge is 2.24. The topological polar surface area (TPSA) is 159 Å². The maximum Gasteiger partial charge on any atom is 0.472 e. The van der Waals surface area contributed by atoms with Gasteiger partial charge < -0.3 is 34.3 Å². The van der Waals surface area contributed by atoms with E-state index in [4.69, 9.17) is 47.3 Å². The summed E-state index contributed by atoms with van der Waals surface area (Å²) in [4.78, 5) is 34.7. The molecule has 13 heteroatoms. The van der Waals surface area contributed by atoms with E-state index in [9.17, 15) is 24.2 Å². The Hall–Kier alpha value is -3.69. The molecule has 1 aromatic carbocycles. The van der Waals surface area contributed by atoms with Crippen molar-refractivity contribution in [1.29, 1.82) is 0 Å². The molecule has 0 aliphatic carbocycles. The van der Waals surface area contributed by atoms with Crippen molar-refractivity contribution >= 4 is 19.7 Å². The Labute approximate surface area is 285 Å². The van der Waals surface area contributed by atoms with E-state index in [0.29, 0.717) is 6.42 Å². The molecule has 0 heterocycles. The molecule has 0 aliphatic rings. The first kappa shape index (κ1) is 42.3. The predicted molar refractivity (Wildman–Crippen MR) is 182 cm³/mol. The number of ether oxygens (including phenoxy) is 4. The molecule has 12 nitrogen and oxygen atoms in total. The zero-order valence-electron chi connectivity index (χ0n) is 27.9. The Morgan fingerprint density at radius 3 is 1.88 bits per heavy atom. The van der Waals surface area contributed by atoms with Gasteiger partial charge in [0.25, 0.3) is 5.91 Å². The molecule has 0 radical (unpaired) electrons. The minimum Gasteiger partial charge on any atom is -0.477 e. The molecule has 1 unspecified atom stereocenters. The van der Waals surface area contributed by atoms with Crippen molar-refractivity contribution in [3.05, 3.63) is 17.7 Å². The monoisotopic (exact) mass is 691 g/mol. The van der Waals surface area contributed by atoms with E-state index in [2.05, 4.69) is 30.0 Å². The van der Waals surface area contributed by atoms with Crippen molar-refractivity contribution in [3.8, 4) is 54.3 Å². The van der Waals surface area contributed by atoms with Crippen molar-refractivity contribution in [3.63, 3.8) is 0 Å². The molecule has 0 aromatic heterocycles. The Balaban J connectivity index is 2.38. The second-order valence-corrected chi connectivity index (χ2v) is 12.2. The fourth-order valence-corrected chi connectivity index (χ4v) is 5.06. The molecule has 0 aliphatic heterocycles. The fourth-order valence-electron chi connectivity index (χ4n) is 4.31. The lowest BCUT2D eigenvalue weighted by Crippen LogP contribution is -2.27. The number of carbonyl (C=O) groups excluding carboxylic acids is 2. The van der Waals surface area contributed by atoms with Gasteiger partial charge in [-0.3, -0.25) is 18.6 Å². The maximum atomic E-state index is 12.8. The highest BCUT2D eigenvalue weighted by atomic mass is 31.2. The van der Waals surface area contributed by atoms with E-state index < -0.39 is 39.0 Å². The molecule has 3 N–H and O–H groups in total.